The molecule has 1 aromatic carbocycles. The van der Waals surface area contributed by atoms with Crippen LogP contribution in [0.5, 0.6) is 5.75 Å². The lowest BCUT2D eigenvalue weighted by molar-refractivity contribution is 0.241. The van der Waals surface area contributed by atoms with Crippen LogP contribution in [0.1, 0.15) is 37.0 Å². The largest absolute Gasteiger partial charge is 0.483 e. The van der Waals surface area contributed by atoms with Gasteiger partial charge in [0.2, 0.25) is 0 Å². The molecule has 0 atom stereocenters. The van der Waals surface area contributed by atoms with Crippen molar-refractivity contribution < 1.29 is 9.26 Å². The third kappa shape index (κ3) is 4.04. The molecule has 0 amide bonds. The van der Waals surface area contributed by atoms with Crippen molar-refractivity contribution in [2.24, 2.45) is 0 Å². The zero-order valence-corrected chi connectivity index (χ0v) is 13.5. The monoisotopic (exact) mass is 351 g/mol. The molecule has 6 heteroatoms. The van der Waals surface area contributed by atoms with Gasteiger partial charge in [-0.15, -0.1) is 0 Å². The molecule has 1 aliphatic carbocycles. The molecule has 2 aromatic rings. The van der Waals surface area contributed by atoms with Gasteiger partial charge >= 0.3 is 0 Å². The van der Waals surface area contributed by atoms with Crippen molar-refractivity contribution in [2.45, 2.75) is 45.4 Å². The minimum absolute atomic E-state index is 0.283. The summed E-state index contributed by atoms with van der Waals surface area (Å²) in [7, 11) is 0. The molecule has 0 saturated heterocycles. The molecular formula is C15H18BrN3O2. The summed E-state index contributed by atoms with van der Waals surface area (Å²) in [5.74, 6) is 1.98. The zero-order valence-electron chi connectivity index (χ0n) is 11.9. The highest BCUT2D eigenvalue weighted by atomic mass is 79.9. The number of aromatic nitrogens is 2. The van der Waals surface area contributed by atoms with Crippen molar-refractivity contribution >= 4 is 15.9 Å². The summed E-state index contributed by atoms with van der Waals surface area (Å²) in [6.45, 7) is 3.17. The van der Waals surface area contributed by atoms with Gasteiger partial charge in [0, 0.05) is 19.0 Å². The third-order valence-electron chi connectivity index (χ3n) is 3.35. The van der Waals surface area contributed by atoms with E-state index in [9.17, 15) is 0 Å². The van der Waals surface area contributed by atoms with Crippen molar-refractivity contribution in [3.63, 3.8) is 0 Å². The first-order valence-electron chi connectivity index (χ1n) is 7.20. The van der Waals surface area contributed by atoms with Crippen LogP contribution in [0.25, 0.3) is 0 Å². The highest BCUT2D eigenvalue weighted by Crippen LogP contribution is 2.27. The fourth-order valence-corrected chi connectivity index (χ4v) is 2.49. The fourth-order valence-electron chi connectivity index (χ4n) is 1.95. The van der Waals surface area contributed by atoms with Gasteiger partial charge < -0.3 is 14.6 Å². The minimum atomic E-state index is 0.283. The Bertz CT molecular complexity index is 611. The van der Waals surface area contributed by atoms with Gasteiger partial charge in [0.1, 0.15) is 5.75 Å². The highest BCUT2D eigenvalue weighted by Gasteiger charge is 2.20. The smallest absolute Gasteiger partial charge is 0.264 e. The number of ether oxygens (including phenoxy) is 1. The number of rotatable bonds is 7. The summed E-state index contributed by atoms with van der Waals surface area (Å²) in [6, 6.07) is 6.83. The molecule has 1 aromatic heterocycles. The number of aryl methyl sites for hydroxylation is 1. The Labute approximate surface area is 132 Å². The molecule has 1 heterocycles. The maximum Gasteiger partial charge on any atom is 0.264 e. The van der Waals surface area contributed by atoms with E-state index in [0.29, 0.717) is 17.8 Å². The van der Waals surface area contributed by atoms with Crippen molar-refractivity contribution in [2.75, 3.05) is 0 Å². The molecular weight excluding hydrogens is 334 g/mol. The van der Waals surface area contributed by atoms with Crippen LogP contribution in [0.3, 0.4) is 0 Å². The van der Waals surface area contributed by atoms with Gasteiger partial charge in [0.05, 0.1) is 4.47 Å². The topological polar surface area (TPSA) is 60.2 Å². The fraction of sp³-hybridized carbons (Fsp3) is 0.467. The first-order valence-corrected chi connectivity index (χ1v) is 8.00. The van der Waals surface area contributed by atoms with Crippen LogP contribution in [0.4, 0.5) is 0 Å². The second-order valence-electron chi connectivity index (χ2n) is 5.17. The number of nitrogens with zero attached hydrogens (tertiary/aromatic N) is 2. The molecule has 3 rings (SSSR count). The number of hydrogen-bond donors (Lipinski definition) is 1. The van der Waals surface area contributed by atoms with Gasteiger partial charge in [-0.05, 0) is 46.5 Å². The van der Waals surface area contributed by atoms with E-state index in [-0.39, 0.29) is 6.61 Å². The minimum Gasteiger partial charge on any atom is -0.483 e. The van der Waals surface area contributed by atoms with Crippen LogP contribution in [-0.2, 0) is 19.6 Å². The van der Waals surface area contributed by atoms with E-state index in [1.54, 1.807) is 0 Å². The average Bonchev–Trinajstić information content (AvgIpc) is 3.21. The van der Waals surface area contributed by atoms with E-state index in [0.717, 1.165) is 23.2 Å². The highest BCUT2D eigenvalue weighted by molar-refractivity contribution is 9.10. The average molecular weight is 352 g/mol. The Morgan fingerprint density at radius 1 is 1.43 bits per heavy atom. The summed E-state index contributed by atoms with van der Waals surface area (Å²) in [6.07, 6.45) is 3.36. The lowest BCUT2D eigenvalue weighted by atomic mass is 10.2. The van der Waals surface area contributed by atoms with E-state index in [1.165, 1.54) is 18.4 Å². The summed E-state index contributed by atoms with van der Waals surface area (Å²) >= 11 is 3.54. The van der Waals surface area contributed by atoms with Crippen LogP contribution < -0.4 is 10.1 Å². The maximum absolute atomic E-state index is 5.71. The third-order valence-corrected chi connectivity index (χ3v) is 3.97. The number of benzene rings is 1. The van der Waals surface area contributed by atoms with Crippen molar-refractivity contribution in [3.8, 4) is 5.75 Å². The maximum atomic E-state index is 5.71. The molecule has 0 unspecified atom stereocenters. The van der Waals surface area contributed by atoms with E-state index in [4.69, 9.17) is 9.26 Å². The quantitative estimate of drug-likeness (QED) is 0.829. The molecule has 1 N–H and O–H groups in total. The van der Waals surface area contributed by atoms with Crippen LogP contribution in [0, 0.1) is 0 Å². The van der Waals surface area contributed by atoms with Gasteiger partial charge in [0.25, 0.3) is 5.89 Å². The standard InChI is InChI=1S/C15H18BrN3O2/c1-2-14-18-15(21-19-14)9-20-13-6-3-10(7-12(13)16)8-17-11-4-5-11/h3,6-7,11,17H,2,4-5,8-9H2,1H3. The Morgan fingerprint density at radius 3 is 2.95 bits per heavy atom. The predicted octanol–water partition coefficient (Wildman–Crippen LogP) is 3.23. The normalized spacial score (nSPS) is 14.4. The molecule has 1 saturated carbocycles. The van der Waals surface area contributed by atoms with Crippen LogP contribution in [0.2, 0.25) is 0 Å². The molecule has 21 heavy (non-hydrogen) atoms. The van der Waals surface area contributed by atoms with Gasteiger partial charge in [-0.1, -0.05) is 18.1 Å². The van der Waals surface area contributed by atoms with E-state index >= 15 is 0 Å². The van der Waals surface area contributed by atoms with E-state index in [2.05, 4.69) is 43.5 Å². The van der Waals surface area contributed by atoms with E-state index in [1.807, 2.05) is 13.0 Å². The molecule has 0 radical (unpaired) electrons. The van der Waals surface area contributed by atoms with Crippen molar-refractivity contribution in [1.29, 1.82) is 0 Å². The van der Waals surface area contributed by atoms with Gasteiger partial charge in [-0.2, -0.15) is 4.98 Å². The second-order valence-corrected chi connectivity index (χ2v) is 6.02. The molecule has 1 aliphatic rings. The molecule has 0 aliphatic heterocycles. The zero-order chi connectivity index (χ0) is 14.7. The number of halogens is 1. The van der Waals surface area contributed by atoms with Crippen molar-refractivity contribution in [1.82, 2.24) is 15.5 Å². The lowest BCUT2D eigenvalue weighted by Crippen LogP contribution is -2.15. The van der Waals surface area contributed by atoms with Gasteiger partial charge in [-0.3, -0.25) is 0 Å². The van der Waals surface area contributed by atoms with Crippen LogP contribution in [-0.4, -0.2) is 16.2 Å². The van der Waals surface area contributed by atoms with Crippen LogP contribution >= 0.6 is 15.9 Å². The van der Waals surface area contributed by atoms with Crippen molar-refractivity contribution in [3.05, 3.63) is 40.0 Å². The Morgan fingerprint density at radius 2 is 2.29 bits per heavy atom. The Balaban J connectivity index is 1.56. The second kappa shape index (κ2) is 6.58. The Kier molecular flexibility index (Phi) is 4.55. The summed E-state index contributed by atoms with van der Waals surface area (Å²) in [4.78, 5) is 4.22. The Hall–Kier alpha value is -1.40. The summed E-state index contributed by atoms with van der Waals surface area (Å²) in [5, 5.41) is 7.34. The SMILES string of the molecule is CCc1noc(COc2ccc(CNC3CC3)cc2Br)n1. The van der Waals surface area contributed by atoms with Crippen LogP contribution in [0.15, 0.2) is 27.2 Å². The van der Waals surface area contributed by atoms with Gasteiger partial charge in [-0.25, -0.2) is 0 Å². The molecule has 0 bridgehead atoms. The lowest BCUT2D eigenvalue weighted by Gasteiger charge is -2.08. The first kappa shape index (κ1) is 14.5. The summed E-state index contributed by atoms with van der Waals surface area (Å²) in [5.41, 5.74) is 1.24. The number of hydrogen-bond acceptors (Lipinski definition) is 5. The van der Waals surface area contributed by atoms with E-state index < -0.39 is 0 Å². The predicted molar refractivity (Wildman–Crippen MR) is 82.0 cm³/mol. The molecule has 1 fully saturated rings. The first-order chi connectivity index (χ1) is 10.2. The number of nitrogens with one attached hydrogen (secondary N) is 1. The summed E-state index contributed by atoms with van der Waals surface area (Å²) < 4.78 is 11.7. The van der Waals surface area contributed by atoms with Gasteiger partial charge in [0.15, 0.2) is 12.4 Å². The molecule has 0 spiro atoms. The molecule has 5 nitrogen and oxygen atoms in total. The molecule has 112 valence electrons.